The van der Waals surface area contributed by atoms with Crippen LogP contribution in [0.4, 0.5) is 5.69 Å². The Balaban J connectivity index is 2.08. The average Bonchev–Trinajstić information content (AvgIpc) is 2.91. The van der Waals surface area contributed by atoms with E-state index in [-0.39, 0.29) is 30.2 Å². The number of nitrogens with zero attached hydrogens (tertiary/aromatic N) is 2. The van der Waals surface area contributed by atoms with Crippen molar-refractivity contribution in [2.75, 3.05) is 31.7 Å². The smallest absolute Gasteiger partial charge is 0.232 e. The van der Waals surface area contributed by atoms with Gasteiger partial charge >= 0.3 is 0 Å². The lowest BCUT2D eigenvalue weighted by Gasteiger charge is -2.26. The van der Waals surface area contributed by atoms with Crippen molar-refractivity contribution >= 4 is 17.5 Å². The number of anilines is 1. The maximum absolute atomic E-state index is 12.8. The fourth-order valence-corrected chi connectivity index (χ4v) is 2.95. The zero-order valence-electron chi connectivity index (χ0n) is 13.5. The van der Waals surface area contributed by atoms with Crippen LogP contribution in [0.3, 0.4) is 0 Å². The highest BCUT2D eigenvalue weighted by atomic mass is 16.5. The summed E-state index contributed by atoms with van der Waals surface area (Å²) < 4.78 is 5.11. The van der Waals surface area contributed by atoms with E-state index in [0.717, 1.165) is 5.69 Å². The number of amides is 2. The van der Waals surface area contributed by atoms with Crippen molar-refractivity contribution in [2.24, 2.45) is 5.92 Å². The highest BCUT2D eigenvalue weighted by Gasteiger charge is 2.38. The molecule has 0 bridgehead atoms. The largest absolute Gasteiger partial charge is 0.383 e. The van der Waals surface area contributed by atoms with Gasteiger partial charge in [-0.3, -0.25) is 9.59 Å². The van der Waals surface area contributed by atoms with Gasteiger partial charge < -0.3 is 14.5 Å². The summed E-state index contributed by atoms with van der Waals surface area (Å²) >= 11 is 0. The van der Waals surface area contributed by atoms with Gasteiger partial charge in [0.1, 0.15) is 0 Å². The normalized spacial score (nSPS) is 19.3. The van der Waals surface area contributed by atoms with E-state index in [9.17, 15) is 9.59 Å². The Bertz CT molecular complexity index is 518. The molecule has 1 heterocycles. The maximum Gasteiger partial charge on any atom is 0.232 e. The van der Waals surface area contributed by atoms with Gasteiger partial charge in [0.2, 0.25) is 11.8 Å². The van der Waals surface area contributed by atoms with Crippen molar-refractivity contribution in [3.8, 4) is 0 Å². The lowest BCUT2D eigenvalue weighted by molar-refractivity contribution is -0.130. The number of benzene rings is 1. The van der Waals surface area contributed by atoms with Crippen LogP contribution in [0.5, 0.6) is 0 Å². The Labute approximate surface area is 131 Å². The summed E-state index contributed by atoms with van der Waals surface area (Å²) in [7, 11) is 1.62. The number of para-hydroxylation sites is 1. The van der Waals surface area contributed by atoms with Gasteiger partial charge in [-0.1, -0.05) is 18.2 Å². The van der Waals surface area contributed by atoms with Crippen LogP contribution in [0.25, 0.3) is 0 Å². The van der Waals surface area contributed by atoms with Crippen molar-refractivity contribution in [2.45, 2.75) is 26.3 Å². The number of ether oxygens (including phenoxy) is 1. The van der Waals surface area contributed by atoms with Crippen molar-refractivity contribution in [3.63, 3.8) is 0 Å². The molecule has 0 N–H and O–H groups in total. The van der Waals surface area contributed by atoms with Crippen LogP contribution in [-0.4, -0.2) is 49.6 Å². The quantitative estimate of drug-likeness (QED) is 0.807. The third kappa shape index (κ3) is 3.47. The van der Waals surface area contributed by atoms with E-state index in [0.29, 0.717) is 19.7 Å². The standard InChI is InChI=1S/C17H24N2O3/c1-4-18(15-8-6-5-7-9-15)17(21)14-10-16(20)19(11-14)13(2)12-22-3/h5-9,13-14H,4,10-12H2,1-3H3. The highest BCUT2D eigenvalue weighted by Crippen LogP contribution is 2.25. The first kappa shape index (κ1) is 16.5. The first-order valence-electron chi connectivity index (χ1n) is 7.73. The molecule has 0 saturated carbocycles. The minimum atomic E-state index is -0.271. The molecular weight excluding hydrogens is 280 g/mol. The summed E-state index contributed by atoms with van der Waals surface area (Å²) in [5.41, 5.74) is 0.880. The Morgan fingerprint density at radius 2 is 2.09 bits per heavy atom. The molecule has 5 nitrogen and oxygen atoms in total. The van der Waals surface area contributed by atoms with Gasteiger partial charge in [-0.25, -0.2) is 0 Å². The zero-order valence-corrected chi connectivity index (χ0v) is 13.5. The van der Waals surface area contributed by atoms with Gasteiger partial charge in [-0.2, -0.15) is 0 Å². The Morgan fingerprint density at radius 3 is 2.68 bits per heavy atom. The molecule has 1 aliphatic heterocycles. The Morgan fingerprint density at radius 1 is 1.41 bits per heavy atom. The molecule has 2 rings (SSSR count). The predicted molar refractivity (Wildman–Crippen MR) is 85.6 cm³/mol. The Kier molecular flexibility index (Phi) is 5.55. The lowest BCUT2D eigenvalue weighted by Crippen LogP contribution is -2.40. The zero-order chi connectivity index (χ0) is 16.1. The Hall–Kier alpha value is -1.88. The predicted octanol–water partition coefficient (Wildman–Crippen LogP) is 1.92. The number of rotatable bonds is 6. The van der Waals surface area contributed by atoms with Crippen molar-refractivity contribution in [1.82, 2.24) is 4.90 Å². The van der Waals surface area contributed by atoms with Crippen LogP contribution in [0, 0.1) is 5.92 Å². The number of likely N-dealkylation sites (tertiary alicyclic amines) is 1. The van der Waals surface area contributed by atoms with Gasteiger partial charge in [0.25, 0.3) is 0 Å². The highest BCUT2D eigenvalue weighted by molar-refractivity contribution is 5.99. The fourth-order valence-electron chi connectivity index (χ4n) is 2.95. The first-order chi connectivity index (χ1) is 10.6. The third-order valence-corrected chi connectivity index (χ3v) is 4.10. The van der Waals surface area contributed by atoms with E-state index in [4.69, 9.17) is 4.74 Å². The van der Waals surface area contributed by atoms with E-state index in [1.54, 1.807) is 16.9 Å². The second-order valence-electron chi connectivity index (χ2n) is 5.67. The van der Waals surface area contributed by atoms with Crippen molar-refractivity contribution in [3.05, 3.63) is 30.3 Å². The van der Waals surface area contributed by atoms with E-state index in [1.807, 2.05) is 44.2 Å². The molecule has 5 heteroatoms. The third-order valence-electron chi connectivity index (χ3n) is 4.10. The molecule has 1 aromatic rings. The molecule has 0 radical (unpaired) electrons. The number of carbonyl (C=O) groups excluding carboxylic acids is 2. The first-order valence-corrected chi connectivity index (χ1v) is 7.73. The van der Waals surface area contributed by atoms with E-state index in [1.165, 1.54) is 0 Å². The van der Waals surface area contributed by atoms with Crippen molar-refractivity contribution in [1.29, 1.82) is 0 Å². The monoisotopic (exact) mass is 304 g/mol. The van der Waals surface area contributed by atoms with Gasteiger partial charge in [0.05, 0.1) is 18.6 Å². The second-order valence-corrected chi connectivity index (χ2v) is 5.67. The van der Waals surface area contributed by atoms with Gasteiger partial charge in [-0.05, 0) is 26.0 Å². The van der Waals surface area contributed by atoms with Crippen molar-refractivity contribution < 1.29 is 14.3 Å². The molecule has 0 aliphatic carbocycles. The van der Waals surface area contributed by atoms with E-state index < -0.39 is 0 Å². The van der Waals surface area contributed by atoms with Crippen LogP contribution < -0.4 is 4.90 Å². The minimum absolute atomic E-state index is 0.00195. The molecule has 2 amide bonds. The summed E-state index contributed by atoms with van der Waals surface area (Å²) in [6.07, 6.45) is 0.288. The molecule has 1 aliphatic rings. The molecule has 22 heavy (non-hydrogen) atoms. The minimum Gasteiger partial charge on any atom is -0.383 e. The van der Waals surface area contributed by atoms with Crippen LogP contribution >= 0.6 is 0 Å². The maximum atomic E-state index is 12.8. The lowest BCUT2D eigenvalue weighted by atomic mass is 10.1. The van der Waals surface area contributed by atoms with Gasteiger partial charge in [0.15, 0.2) is 0 Å². The SMILES string of the molecule is CCN(C(=O)C1CC(=O)N(C(C)COC)C1)c1ccccc1. The number of hydrogen-bond donors (Lipinski definition) is 0. The van der Waals surface area contributed by atoms with Crippen LogP contribution in [0.15, 0.2) is 30.3 Å². The molecule has 1 saturated heterocycles. The van der Waals surface area contributed by atoms with Gasteiger partial charge in [0, 0.05) is 32.3 Å². The van der Waals surface area contributed by atoms with E-state index >= 15 is 0 Å². The molecule has 2 unspecified atom stereocenters. The molecule has 1 aromatic carbocycles. The molecular formula is C17H24N2O3. The van der Waals surface area contributed by atoms with Crippen LogP contribution in [-0.2, 0) is 14.3 Å². The molecule has 0 aromatic heterocycles. The summed E-state index contributed by atoms with van der Waals surface area (Å²) in [4.78, 5) is 28.4. The summed E-state index contributed by atoms with van der Waals surface area (Å²) in [6, 6.07) is 9.60. The summed E-state index contributed by atoms with van der Waals surface area (Å²) in [5, 5.41) is 0. The molecule has 1 fully saturated rings. The fraction of sp³-hybridized carbons (Fsp3) is 0.529. The number of methoxy groups -OCH3 is 1. The van der Waals surface area contributed by atoms with E-state index in [2.05, 4.69) is 0 Å². The molecule has 120 valence electrons. The number of carbonyl (C=O) groups is 2. The second kappa shape index (κ2) is 7.40. The number of hydrogen-bond acceptors (Lipinski definition) is 3. The summed E-state index contributed by atoms with van der Waals surface area (Å²) in [6.45, 7) is 5.46. The van der Waals surface area contributed by atoms with Crippen LogP contribution in [0.2, 0.25) is 0 Å². The average molecular weight is 304 g/mol. The topological polar surface area (TPSA) is 49.9 Å². The van der Waals surface area contributed by atoms with Crippen LogP contribution in [0.1, 0.15) is 20.3 Å². The van der Waals surface area contributed by atoms with Gasteiger partial charge in [-0.15, -0.1) is 0 Å². The molecule has 0 spiro atoms. The summed E-state index contributed by atoms with van der Waals surface area (Å²) in [5.74, 6) is -0.215. The molecule has 2 atom stereocenters.